The highest BCUT2D eigenvalue weighted by Gasteiger charge is 2.19. The van der Waals surface area contributed by atoms with Gasteiger partial charge in [-0.15, -0.1) is 0 Å². The smallest absolute Gasteiger partial charge is 0.227 e. The van der Waals surface area contributed by atoms with E-state index in [9.17, 15) is 9.18 Å². The summed E-state index contributed by atoms with van der Waals surface area (Å²) >= 11 is 0. The molecule has 9 heteroatoms. The molecule has 31 heavy (non-hydrogen) atoms. The van der Waals surface area contributed by atoms with Gasteiger partial charge < -0.3 is 15.4 Å². The number of ether oxygens (including phenoxy) is 1. The molecule has 3 aromatic rings. The fourth-order valence-corrected chi connectivity index (χ4v) is 3.37. The van der Waals surface area contributed by atoms with Gasteiger partial charge in [0.25, 0.3) is 0 Å². The summed E-state index contributed by atoms with van der Waals surface area (Å²) < 4.78 is 21.7. The molecule has 0 aliphatic carbocycles. The first-order valence-corrected chi connectivity index (χ1v) is 10.3. The Morgan fingerprint density at radius 3 is 2.68 bits per heavy atom. The van der Waals surface area contributed by atoms with Crippen LogP contribution in [0.25, 0.3) is 0 Å². The van der Waals surface area contributed by atoms with E-state index in [4.69, 9.17) is 4.74 Å². The van der Waals surface area contributed by atoms with Gasteiger partial charge in [0.15, 0.2) is 17.3 Å². The van der Waals surface area contributed by atoms with Gasteiger partial charge in [0.05, 0.1) is 25.0 Å². The third kappa shape index (κ3) is 4.72. The van der Waals surface area contributed by atoms with E-state index < -0.39 is 5.82 Å². The van der Waals surface area contributed by atoms with Crippen molar-refractivity contribution < 1.29 is 13.9 Å². The van der Waals surface area contributed by atoms with E-state index in [1.165, 1.54) is 13.2 Å². The van der Waals surface area contributed by atoms with Crippen molar-refractivity contribution in [3.8, 4) is 5.75 Å². The second-order valence-corrected chi connectivity index (χ2v) is 7.49. The highest BCUT2D eigenvalue weighted by molar-refractivity contribution is 5.96. The Morgan fingerprint density at radius 2 is 2.03 bits per heavy atom. The molecule has 3 heterocycles. The molecule has 8 nitrogen and oxygen atoms in total. The van der Waals surface area contributed by atoms with E-state index in [0.717, 1.165) is 24.3 Å². The number of nitrogens with one attached hydrogen (secondary N) is 2. The molecule has 2 N–H and O–H groups in total. The molecular formula is C22H25FN6O2. The van der Waals surface area contributed by atoms with Crippen LogP contribution >= 0.6 is 0 Å². The summed E-state index contributed by atoms with van der Waals surface area (Å²) in [4.78, 5) is 20.7. The molecule has 162 valence electrons. The van der Waals surface area contributed by atoms with Gasteiger partial charge >= 0.3 is 0 Å². The largest absolute Gasteiger partial charge is 0.494 e. The molecule has 1 aromatic carbocycles. The van der Waals surface area contributed by atoms with Gasteiger partial charge in [-0.3, -0.25) is 9.48 Å². The minimum atomic E-state index is -0.437. The number of halogens is 1. The Kier molecular flexibility index (Phi) is 6.22. The minimum absolute atomic E-state index is 0.0461. The van der Waals surface area contributed by atoms with Crippen LogP contribution in [0.15, 0.2) is 36.9 Å². The molecule has 1 aliphatic heterocycles. The van der Waals surface area contributed by atoms with Crippen LogP contribution in [-0.4, -0.2) is 45.7 Å². The molecule has 0 amide bonds. The van der Waals surface area contributed by atoms with Crippen molar-refractivity contribution in [1.82, 2.24) is 25.1 Å². The number of hydrogen-bond acceptors (Lipinski definition) is 7. The van der Waals surface area contributed by atoms with Gasteiger partial charge in [-0.05, 0) is 36.1 Å². The van der Waals surface area contributed by atoms with Crippen LogP contribution in [0.1, 0.15) is 40.9 Å². The Balaban J connectivity index is 1.40. The fraction of sp³-hybridized carbons (Fsp3) is 0.364. The fourth-order valence-electron chi connectivity index (χ4n) is 3.37. The summed E-state index contributed by atoms with van der Waals surface area (Å²) in [6.45, 7) is 3.63. The first-order chi connectivity index (χ1) is 15.1. The lowest BCUT2D eigenvalue weighted by Crippen LogP contribution is -2.43. The molecule has 0 radical (unpaired) electrons. The van der Waals surface area contributed by atoms with Gasteiger partial charge in [-0.1, -0.05) is 6.92 Å². The first-order valence-electron chi connectivity index (χ1n) is 10.3. The zero-order chi connectivity index (χ0) is 21.8. The van der Waals surface area contributed by atoms with Crippen molar-refractivity contribution in [3.05, 3.63) is 59.4 Å². The Hall–Kier alpha value is -3.33. The molecule has 2 aromatic heterocycles. The number of hydrogen-bond donors (Lipinski definition) is 2. The predicted octanol–water partition coefficient (Wildman–Crippen LogP) is 3.09. The van der Waals surface area contributed by atoms with Crippen molar-refractivity contribution >= 4 is 17.4 Å². The molecule has 0 spiro atoms. The molecule has 0 bridgehead atoms. The maximum Gasteiger partial charge on any atom is 0.227 e. The molecule has 0 unspecified atom stereocenters. The number of methoxy groups -OCH3 is 1. The standard InChI is InChI=1S/C22H25FN6O2/c1-3-19(30)16-6-15(21(23)20(7-16)31-2)5-4-14-8-25-22(26-9-14)28-17-10-27-29(13-17)18-11-24-12-18/h6-10,13,18,24H,3-5,11-12H2,1-2H3,(H,25,26,28). The minimum Gasteiger partial charge on any atom is -0.494 e. The Morgan fingerprint density at radius 1 is 1.26 bits per heavy atom. The zero-order valence-corrected chi connectivity index (χ0v) is 17.6. The van der Waals surface area contributed by atoms with E-state index in [2.05, 4.69) is 25.7 Å². The third-order valence-corrected chi connectivity index (χ3v) is 5.36. The van der Waals surface area contributed by atoms with Crippen LogP contribution in [0.3, 0.4) is 0 Å². The predicted molar refractivity (Wildman–Crippen MR) is 114 cm³/mol. The van der Waals surface area contributed by atoms with Crippen LogP contribution in [0.5, 0.6) is 5.75 Å². The number of carbonyl (C=O) groups is 1. The monoisotopic (exact) mass is 424 g/mol. The highest BCUT2D eigenvalue weighted by Crippen LogP contribution is 2.25. The van der Waals surface area contributed by atoms with E-state index in [1.807, 2.05) is 10.9 Å². The zero-order valence-electron chi connectivity index (χ0n) is 17.6. The number of anilines is 2. The number of ketones is 1. The number of aromatic nitrogens is 4. The molecule has 1 aliphatic rings. The van der Waals surface area contributed by atoms with Crippen LogP contribution < -0.4 is 15.4 Å². The van der Waals surface area contributed by atoms with E-state index in [1.54, 1.807) is 31.6 Å². The maximum atomic E-state index is 14.6. The number of Topliss-reactive ketones (excluding diaryl/α,β-unsaturated/α-hetero) is 1. The van der Waals surface area contributed by atoms with Gasteiger partial charge in [-0.2, -0.15) is 5.10 Å². The summed E-state index contributed by atoms with van der Waals surface area (Å²) in [6, 6.07) is 3.46. The third-order valence-electron chi connectivity index (χ3n) is 5.36. The first kappa shape index (κ1) is 20.9. The maximum absolute atomic E-state index is 14.6. The SMILES string of the molecule is CCC(=O)c1cc(CCc2cnc(Nc3cnn(C4CNC4)c3)nc2)c(F)c(OC)c1. The van der Waals surface area contributed by atoms with Crippen molar-refractivity contribution in [1.29, 1.82) is 0 Å². The van der Waals surface area contributed by atoms with Gasteiger partial charge in [0, 0.05) is 43.7 Å². The summed E-state index contributed by atoms with van der Waals surface area (Å²) in [7, 11) is 1.40. The number of nitrogens with zero attached hydrogens (tertiary/aromatic N) is 4. The van der Waals surface area contributed by atoms with Crippen LogP contribution in [-0.2, 0) is 12.8 Å². The van der Waals surface area contributed by atoms with Crippen LogP contribution in [0.4, 0.5) is 16.0 Å². The van der Waals surface area contributed by atoms with Crippen molar-refractivity contribution in [2.45, 2.75) is 32.2 Å². The van der Waals surface area contributed by atoms with Gasteiger partial charge in [0.1, 0.15) is 0 Å². The van der Waals surface area contributed by atoms with Crippen molar-refractivity contribution in [3.63, 3.8) is 0 Å². The van der Waals surface area contributed by atoms with Gasteiger partial charge in [0.2, 0.25) is 5.95 Å². The van der Waals surface area contributed by atoms with Crippen LogP contribution in [0.2, 0.25) is 0 Å². The van der Waals surface area contributed by atoms with Crippen LogP contribution in [0, 0.1) is 5.82 Å². The molecule has 4 rings (SSSR count). The summed E-state index contributed by atoms with van der Waals surface area (Å²) in [5.41, 5.74) is 2.60. The van der Waals surface area contributed by atoms with E-state index in [-0.39, 0.29) is 11.5 Å². The number of aryl methyl sites for hydroxylation is 2. The molecule has 0 saturated carbocycles. The second-order valence-electron chi connectivity index (χ2n) is 7.49. The second kappa shape index (κ2) is 9.22. The molecule has 0 atom stereocenters. The lowest BCUT2D eigenvalue weighted by atomic mass is 10.00. The average molecular weight is 424 g/mol. The van der Waals surface area contributed by atoms with Crippen molar-refractivity contribution in [2.75, 3.05) is 25.5 Å². The summed E-state index contributed by atoms with van der Waals surface area (Å²) in [5.74, 6) is 0.0741. The highest BCUT2D eigenvalue weighted by atomic mass is 19.1. The lowest BCUT2D eigenvalue weighted by molar-refractivity contribution is 0.0987. The van der Waals surface area contributed by atoms with E-state index in [0.29, 0.717) is 42.4 Å². The number of benzene rings is 1. The molecule has 1 saturated heterocycles. The Labute approximate surface area is 179 Å². The average Bonchev–Trinajstić information content (AvgIpc) is 3.19. The summed E-state index contributed by atoms with van der Waals surface area (Å²) in [6.07, 6.45) is 8.41. The lowest BCUT2D eigenvalue weighted by Gasteiger charge is -2.27. The molecular weight excluding hydrogens is 399 g/mol. The quantitative estimate of drug-likeness (QED) is 0.510. The van der Waals surface area contributed by atoms with Gasteiger partial charge in [-0.25, -0.2) is 14.4 Å². The Bertz CT molecular complexity index is 1060. The molecule has 1 fully saturated rings. The summed E-state index contributed by atoms with van der Waals surface area (Å²) in [5, 5.41) is 10.7. The van der Waals surface area contributed by atoms with Crippen molar-refractivity contribution in [2.24, 2.45) is 0 Å². The topological polar surface area (TPSA) is 94.0 Å². The number of rotatable bonds is 9. The number of carbonyl (C=O) groups excluding carboxylic acids is 1. The van der Waals surface area contributed by atoms with E-state index >= 15 is 0 Å². The normalized spacial score (nSPS) is 13.6.